The molecule has 0 radical (unpaired) electrons. The molecule has 0 amide bonds. The molecule has 0 aliphatic heterocycles. The second-order valence-electron chi connectivity index (χ2n) is 3.74. The van der Waals surface area contributed by atoms with Gasteiger partial charge in [0.25, 0.3) is 0 Å². The fraction of sp³-hybridized carbons (Fsp3) is 0.800. The van der Waals surface area contributed by atoms with E-state index in [0.29, 0.717) is 19.4 Å². The summed E-state index contributed by atoms with van der Waals surface area (Å²) in [4.78, 5) is 11.4. The molecule has 94 valence electrons. The summed E-state index contributed by atoms with van der Waals surface area (Å²) in [5.74, 6) is -0.437. The molecule has 0 spiro atoms. The molecule has 6 heteroatoms. The van der Waals surface area contributed by atoms with E-state index in [2.05, 4.69) is 5.32 Å². The molecule has 2 unspecified atom stereocenters. The third-order valence-corrected chi connectivity index (χ3v) is 2.20. The minimum Gasteiger partial charge on any atom is -0.462 e. The van der Waals surface area contributed by atoms with Gasteiger partial charge in [-0.25, -0.2) is 0 Å². The zero-order valence-corrected chi connectivity index (χ0v) is 9.95. The van der Waals surface area contributed by atoms with Gasteiger partial charge in [-0.15, -0.1) is 0 Å². The molecule has 0 aromatic rings. The molecular weight excluding hydrogens is 208 g/mol. The quantitative estimate of drug-likeness (QED) is 0.211. The number of rotatable bonds is 7. The van der Waals surface area contributed by atoms with E-state index in [4.69, 9.17) is 21.6 Å². The molecule has 0 bridgehead atoms. The van der Waals surface area contributed by atoms with E-state index >= 15 is 0 Å². The first-order valence-electron chi connectivity index (χ1n) is 5.51. The highest BCUT2D eigenvalue weighted by molar-refractivity contribution is 5.75. The van der Waals surface area contributed by atoms with E-state index in [9.17, 15) is 4.79 Å². The van der Waals surface area contributed by atoms with E-state index in [1.165, 1.54) is 0 Å². The predicted octanol–water partition coefficient (Wildman–Crippen LogP) is -0.0813. The lowest BCUT2D eigenvalue weighted by atomic mass is 10.1. The first kappa shape index (κ1) is 14.7. The molecule has 0 saturated carbocycles. The van der Waals surface area contributed by atoms with Crippen molar-refractivity contribution in [3.05, 3.63) is 0 Å². The molecule has 2 atom stereocenters. The third kappa shape index (κ3) is 7.05. The zero-order valence-electron chi connectivity index (χ0n) is 9.95. The minimum atomic E-state index is -0.595. The van der Waals surface area contributed by atoms with Crippen molar-refractivity contribution in [3.8, 4) is 0 Å². The third-order valence-electron chi connectivity index (χ3n) is 2.20. The Balaban J connectivity index is 3.67. The largest absolute Gasteiger partial charge is 0.462 e. The van der Waals surface area contributed by atoms with Crippen LogP contribution in [-0.2, 0) is 9.53 Å². The van der Waals surface area contributed by atoms with E-state index in [-0.39, 0.29) is 18.0 Å². The first-order valence-corrected chi connectivity index (χ1v) is 5.51. The van der Waals surface area contributed by atoms with Gasteiger partial charge >= 0.3 is 5.97 Å². The van der Waals surface area contributed by atoms with Crippen molar-refractivity contribution in [1.29, 1.82) is 5.41 Å². The lowest BCUT2D eigenvalue weighted by Crippen LogP contribution is -2.36. The van der Waals surface area contributed by atoms with Crippen molar-refractivity contribution in [1.82, 2.24) is 5.32 Å². The van der Waals surface area contributed by atoms with Crippen LogP contribution in [0.3, 0.4) is 0 Å². The van der Waals surface area contributed by atoms with Gasteiger partial charge in [0.05, 0.1) is 6.10 Å². The standard InChI is InChI=1S/C10H22N4O2/c1-3-7(2)16-9(15)8(11)5-4-6-14-10(12)13/h7-8H,3-6,11H2,1-2H3,(H4,12,13,14). The Morgan fingerprint density at radius 2 is 2.19 bits per heavy atom. The Morgan fingerprint density at radius 3 is 2.69 bits per heavy atom. The smallest absolute Gasteiger partial charge is 0.323 e. The fourth-order valence-corrected chi connectivity index (χ4v) is 1.03. The van der Waals surface area contributed by atoms with Crippen molar-refractivity contribution < 1.29 is 9.53 Å². The molecule has 0 aliphatic rings. The molecule has 0 aliphatic carbocycles. The molecular formula is C10H22N4O2. The van der Waals surface area contributed by atoms with Crippen LogP contribution in [-0.4, -0.2) is 30.6 Å². The van der Waals surface area contributed by atoms with Gasteiger partial charge in [0.2, 0.25) is 0 Å². The van der Waals surface area contributed by atoms with Gasteiger partial charge in [-0.3, -0.25) is 10.2 Å². The number of carbonyl (C=O) groups excluding carboxylic acids is 1. The van der Waals surface area contributed by atoms with Gasteiger partial charge in [-0.05, 0) is 26.2 Å². The minimum absolute atomic E-state index is 0.0734. The van der Waals surface area contributed by atoms with Crippen LogP contribution in [0.1, 0.15) is 33.1 Å². The molecule has 0 heterocycles. The molecule has 0 fully saturated rings. The SMILES string of the molecule is CCC(C)OC(=O)C(N)CCCNC(=N)N. The Bertz CT molecular complexity index is 233. The van der Waals surface area contributed by atoms with Crippen LogP contribution in [0.5, 0.6) is 0 Å². The van der Waals surface area contributed by atoms with Crippen LogP contribution in [0.4, 0.5) is 0 Å². The van der Waals surface area contributed by atoms with Gasteiger partial charge in [-0.2, -0.15) is 0 Å². The number of nitrogens with two attached hydrogens (primary N) is 2. The number of ether oxygens (including phenoxy) is 1. The van der Waals surface area contributed by atoms with E-state index in [1.807, 2.05) is 13.8 Å². The van der Waals surface area contributed by atoms with Crippen LogP contribution >= 0.6 is 0 Å². The van der Waals surface area contributed by atoms with E-state index in [0.717, 1.165) is 6.42 Å². The monoisotopic (exact) mass is 230 g/mol. The van der Waals surface area contributed by atoms with Crippen LogP contribution in [0, 0.1) is 5.41 Å². The second kappa shape index (κ2) is 7.92. The highest BCUT2D eigenvalue weighted by Crippen LogP contribution is 2.01. The summed E-state index contributed by atoms with van der Waals surface area (Å²) in [5.41, 5.74) is 10.8. The molecule has 0 aromatic carbocycles. The highest BCUT2D eigenvalue weighted by atomic mass is 16.5. The summed E-state index contributed by atoms with van der Waals surface area (Å²) >= 11 is 0. The Kier molecular flexibility index (Phi) is 7.28. The van der Waals surface area contributed by atoms with Crippen LogP contribution in [0.25, 0.3) is 0 Å². The lowest BCUT2D eigenvalue weighted by molar-refractivity contribution is -0.150. The van der Waals surface area contributed by atoms with Crippen molar-refractivity contribution in [2.75, 3.05) is 6.54 Å². The highest BCUT2D eigenvalue weighted by Gasteiger charge is 2.16. The maximum atomic E-state index is 11.4. The van der Waals surface area contributed by atoms with E-state index in [1.54, 1.807) is 0 Å². The van der Waals surface area contributed by atoms with Crippen LogP contribution < -0.4 is 16.8 Å². The van der Waals surface area contributed by atoms with Gasteiger partial charge in [0.1, 0.15) is 6.04 Å². The molecule has 6 N–H and O–H groups in total. The molecule has 0 saturated heterocycles. The summed E-state index contributed by atoms with van der Waals surface area (Å²) in [5, 5.41) is 9.57. The van der Waals surface area contributed by atoms with Crippen molar-refractivity contribution in [3.63, 3.8) is 0 Å². The number of guanidine groups is 1. The fourth-order valence-electron chi connectivity index (χ4n) is 1.03. The van der Waals surface area contributed by atoms with Crippen molar-refractivity contribution in [2.45, 2.75) is 45.3 Å². The molecule has 6 nitrogen and oxygen atoms in total. The van der Waals surface area contributed by atoms with Gasteiger partial charge < -0.3 is 21.5 Å². The Labute approximate surface area is 96.2 Å². The number of hydrogen-bond donors (Lipinski definition) is 4. The number of carbonyl (C=O) groups is 1. The van der Waals surface area contributed by atoms with E-state index < -0.39 is 6.04 Å². The number of esters is 1. The van der Waals surface area contributed by atoms with Gasteiger partial charge in [-0.1, -0.05) is 6.92 Å². The van der Waals surface area contributed by atoms with Crippen molar-refractivity contribution in [2.24, 2.45) is 11.5 Å². The summed E-state index contributed by atoms with van der Waals surface area (Å²) in [6, 6.07) is -0.595. The van der Waals surface area contributed by atoms with Crippen LogP contribution in [0.15, 0.2) is 0 Å². The topological polar surface area (TPSA) is 114 Å². The second-order valence-corrected chi connectivity index (χ2v) is 3.74. The number of nitrogens with one attached hydrogen (secondary N) is 2. The Morgan fingerprint density at radius 1 is 1.56 bits per heavy atom. The van der Waals surface area contributed by atoms with Gasteiger partial charge in [0.15, 0.2) is 5.96 Å². The average Bonchev–Trinajstić information content (AvgIpc) is 2.23. The van der Waals surface area contributed by atoms with Crippen molar-refractivity contribution >= 4 is 11.9 Å². The first-order chi connectivity index (χ1) is 7.47. The lowest BCUT2D eigenvalue weighted by Gasteiger charge is -2.15. The Hall–Kier alpha value is -1.30. The summed E-state index contributed by atoms with van der Waals surface area (Å²) < 4.78 is 5.09. The normalized spacial score (nSPS) is 13.9. The summed E-state index contributed by atoms with van der Waals surface area (Å²) in [6.07, 6.45) is 1.89. The summed E-state index contributed by atoms with van der Waals surface area (Å²) in [7, 11) is 0. The maximum absolute atomic E-state index is 11.4. The van der Waals surface area contributed by atoms with Crippen LogP contribution in [0.2, 0.25) is 0 Å². The summed E-state index contributed by atoms with van der Waals surface area (Å²) in [6.45, 7) is 4.32. The predicted molar refractivity (Wildman–Crippen MR) is 63.0 cm³/mol. The van der Waals surface area contributed by atoms with Gasteiger partial charge in [0, 0.05) is 6.54 Å². The molecule has 0 aromatic heterocycles. The molecule has 0 rings (SSSR count). The number of hydrogen-bond acceptors (Lipinski definition) is 4. The molecule has 16 heavy (non-hydrogen) atoms. The maximum Gasteiger partial charge on any atom is 0.323 e. The average molecular weight is 230 g/mol. The zero-order chi connectivity index (χ0) is 12.6.